The highest BCUT2D eigenvalue weighted by Gasteiger charge is 2.44. The minimum absolute atomic E-state index is 0.308. The number of hydrogen-bond donors (Lipinski definition) is 1. The number of carboxylic acid groups (broad SMARTS) is 1. The van der Waals surface area contributed by atoms with Gasteiger partial charge in [-0.2, -0.15) is 8.78 Å². The number of alkyl halides is 2. The zero-order valence-electron chi connectivity index (χ0n) is 6.13. The summed E-state index contributed by atoms with van der Waals surface area (Å²) < 4.78 is 33.2. The lowest BCUT2D eigenvalue weighted by molar-refractivity contribution is -0.298. The molecule has 6 heteroatoms. The van der Waals surface area contributed by atoms with Crippen LogP contribution in [0.4, 0.5) is 8.78 Å². The van der Waals surface area contributed by atoms with Crippen molar-refractivity contribution in [3.8, 4) is 0 Å². The van der Waals surface area contributed by atoms with Gasteiger partial charge in [0.05, 0.1) is 0 Å². The third-order valence-electron chi connectivity index (χ3n) is 1.42. The van der Waals surface area contributed by atoms with Gasteiger partial charge in [-0.25, -0.2) is 4.79 Å². The van der Waals surface area contributed by atoms with Crippen molar-refractivity contribution in [2.24, 2.45) is 0 Å². The van der Waals surface area contributed by atoms with Crippen LogP contribution >= 0.6 is 0 Å². The molecule has 1 saturated heterocycles. The first-order chi connectivity index (χ1) is 5.52. The Balaban J connectivity index is 2.42. The molecule has 1 N–H and O–H groups in total. The first kappa shape index (κ1) is 9.34. The summed E-state index contributed by atoms with van der Waals surface area (Å²) in [6.45, 7) is 0.334. The van der Waals surface area contributed by atoms with Crippen LogP contribution in [-0.4, -0.2) is 30.1 Å². The van der Waals surface area contributed by atoms with Crippen molar-refractivity contribution in [1.29, 1.82) is 0 Å². The molecular formula is C6H8F2O4. The Bertz CT molecular complexity index is 176. The second-order valence-corrected chi connectivity index (χ2v) is 2.38. The lowest BCUT2D eigenvalue weighted by Crippen LogP contribution is -2.35. The van der Waals surface area contributed by atoms with Gasteiger partial charge in [0.25, 0.3) is 0 Å². The lowest BCUT2D eigenvalue weighted by atomic mass is 10.4. The molecule has 1 aliphatic heterocycles. The van der Waals surface area contributed by atoms with Crippen LogP contribution in [-0.2, 0) is 14.3 Å². The summed E-state index contributed by atoms with van der Waals surface area (Å²) in [4.78, 5) is 9.88. The number of aliphatic carboxylic acids is 1. The van der Waals surface area contributed by atoms with Crippen molar-refractivity contribution in [3.05, 3.63) is 0 Å². The van der Waals surface area contributed by atoms with E-state index in [0.717, 1.165) is 0 Å². The Hall–Kier alpha value is -0.750. The minimum Gasteiger partial charge on any atom is -0.475 e. The molecule has 0 spiro atoms. The van der Waals surface area contributed by atoms with Gasteiger partial charge in [-0.05, 0) is 6.42 Å². The van der Waals surface area contributed by atoms with E-state index in [4.69, 9.17) is 5.11 Å². The molecule has 1 unspecified atom stereocenters. The third kappa shape index (κ3) is 2.12. The van der Waals surface area contributed by atoms with Crippen LogP contribution in [0, 0.1) is 0 Å². The molecule has 1 atom stereocenters. The van der Waals surface area contributed by atoms with Crippen molar-refractivity contribution >= 4 is 5.97 Å². The average molecular weight is 182 g/mol. The maximum Gasteiger partial charge on any atom is 0.458 e. The molecule has 1 aliphatic rings. The van der Waals surface area contributed by atoms with E-state index in [1.807, 2.05) is 0 Å². The molecule has 12 heavy (non-hydrogen) atoms. The molecule has 0 aliphatic carbocycles. The largest absolute Gasteiger partial charge is 0.475 e. The molecular weight excluding hydrogens is 174 g/mol. The summed E-state index contributed by atoms with van der Waals surface area (Å²) in [6, 6.07) is 0. The van der Waals surface area contributed by atoms with Crippen LogP contribution in [0.5, 0.6) is 0 Å². The van der Waals surface area contributed by atoms with Crippen LogP contribution in [0.2, 0.25) is 0 Å². The summed E-state index contributed by atoms with van der Waals surface area (Å²) in [5.41, 5.74) is 0. The van der Waals surface area contributed by atoms with Crippen LogP contribution in [0.25, 0.3) is 0 Å². The SMILES string of the molecule is O=C(O)C(F)(F)OC1CCCO1. The molecule has 0 radical (unpaired) electrons. The van der Waals surface area contributed by atoms with Gasteiger partial charge in [-0.1, -0.05) is 0 Å². The van der Waals surface area contributed by atoms with Gasteiger partial charge >= 0.3 is 12.1 Å². The smallest absolute Gasteiger partial charge is 0.458 e. The molecule has 1 fully saturated rings. The Morgan fingerprint density at radius 2 is 2.33 bits per heavy atom. The lowest BCUT2D eigenvalue weighted by Gasteiger charge is -2.16. The van der Waals surface area contributed by atoms with Crippen LogP contribution in [0.15, 0.2) is 0 Å². The van der Waals surface area contributed by atoms with E-state index in [2.05, 4.69) is 9.47 Å². The molecule has 0 amide bonds. The maximum atomic E-state index is 12.3. The van der Waals surface area contributed by atoms with E-state index in [9.17, 15) is 13.6 Å². The standard InChI is InChI=1S/C6H8F2O4/c7-6(8,5(9)10)12-4-2-1-3-11-4/h4H,1-3H2,(H,9,10). The van der Waals surface area contributed by atoms with E-state index in [1.165, 1.54) is 0 Å². The molecule has 1 rings (SSSR count). The van der Waals surface area contributed by atoms with Gasteiger partial charge in [0, 0.05) is 13.0 Å². The zero-order chi connectivity index (χ0) is 9.19. The molecule has 1 heterocycles. The highest BCUT2D eigenvalue weighted by atomic mass is 19.3. The molecule has 0 aromatic carbocycles. The predicted molar refractivity (Wildman–Crippen MR) is 32.6 cm³/mol. The van der Waals surface area contributed by atoms with Gasteiger partial charge in [-0.3, -0.25) is 4.74 Å². The second kappa shape index (κ2) is 3.32. The van der Waals surface area contributed by atoms with Gasteiger partial charge in [0.1, 0.15) is 0 Å². The van der Waals surface area contributed by atoms with Crippen LogP contribution in [0.3, 0.4) is 0 Å². The number of hydrogen-bond acceptors (Lipinski definition) is 3. The summed E-state index contributed by atoms with van der Waals surface area (Å²) in [7, 11) is 0. The van der Waals surface area contributed by atoms with Crippen molar-refractivity contribution < 1.29 is 28.2 Å². The van der Waals surface area contributed by atoms with E-state index in [0.29, 0.717) is 19.4 Å². The fourth-order valence-corrected chi connectivity index (χ4v) is 0.857. The Morgan fingerprint density at radius 3 is 2.75 bits per heavy atom. The topological polar surface area (TPSA) is 55.8 Å². The normalized spacial score (nSPS) is 24.3. The van der Waals surface area contributed by atoms with Gasteiger partial charge in [-0.15, -0.1) is 0 Å². The summed E-state index contributed by atoms with van der Waals surface area (Å²) in [6.07, 6.45) is -4.31. The summed E-state index contributed by atoms with van der Waals surface area (Å²) in [5, 5.41) is 7.97. The van der Waals surface area contributed by atoms with Gasteiger partial charge in [0.2, 0.25) is 0 Å². The second-order valence-electron chi connectivity index (χ2n) is 2.38. The Labute approximate surface area is 67.1 Å². The van der Waals surface area contributed by atoms with Crippen LogP contribution < -0.4 is 0 Å². The maximum absolute atomic E-state index is 12.3. The van der Waals surface area contributed by atoms with E-state index >= 15 is 0 Å². The third-order valence-corrected chi connectivity index (χ3v) is 1.42. The summed E-state index contributed by atoms with van der Waals surface area (Å²) >= 11 is 0. The zero-order valence-corrected chi connectivity index (χ0v) is 6.13. The predicted octanol–water partition coefficient (Wildman–Crippen LogP) is 0.817. The highest BCUT2D eigenvalue weighted by molar-refractivity contribution is 5.73. The number of rotatable bonds is 3. The molecule has 4 nitrogen and oxygen atoms in total. The van der Waals surface area contributed by atoms with Crippen molar-refractivity contribution in [2.45, 2.75) is 25.2 Å². The first-order valence-electron chi connectivity index (χ1n) is 3.43. The van der Waals surface area contributed by atoms with E-state index in [1.54, 1.807) is 0 Å². The summed E-state index contributed by atoms with van der Waals surface area (Å²) in [5.74, 6) is -2.29. The minimum atomic E-state index is -4.14. The van der Waals surface area contributed by atoms with Gasteiger partial charge < -0.3 is 9.84 Å². The van der Waals surface area contributed by atoms with E-state index < -0.39 is 18.4 Å². The highest BCUT2D eigenvalue weighted by Crippen LogP contribution is 2.23. The quantitative estimate of drug-likeness (QED) is 0.701. The fraction of sp³-hybridized carbons (Fsp3) is 0.833. The number of carbonyl (C=O) groups is 1. The van der Waals surface area contributed by atoms with Crippen molar-refractivity contribution in [1.82, 2.24) is 0 Å². The molecule has 0 saturated carbocycles. The first-order valence-corrected chi connectivity index (χ1v) is 3.43. The van der Waals surface area contributed by atoms with E-state index in [-0.39, 0.29) is 0 Å². The Kier molecular flexibility index (Phi) is 2.58. The number of carboxylic acids is 1. The number of halogens is 2. The van der Waals surface area contributed by atoms with Crippen LogP contribution in [0.1, 0.15) is 12.8 Å². The number of ether oxygens (including phenoxy) is 2. The van der Waals surface area contributed by atoms with Gasteiger partial charge in [0.15, 0.2) is 6.29 Å². The fourth-order valence-electron chi connectivity index (χ4n) is 0.857. The Morgan fingerprint density at radius 1 is 1.67 bits per heavy atom. The molecule has 0 aromatic heterocycles. The average Bonchev–Trinajstić information content (AvgIpc) is 2.38. The van der Waals surface area contributed by atoms with Crippen molar-refractivity contribution in [3.63, 3.8) is 0 Å². The van der Waals surface area contributed by atoms with Crippen molar-refractivity contribution in [2.75, 3.05) is 6.61 Å². The molecule has 0 bridgehead atoms. The monoisotopic (exact) mass is 182 g/mol. The molecule has 0 aromatic rings. The molecule has 70 valence electrons.